The average molecular weight is 257 g/mol. The summed E-state index contributed by atoms with van der Waals surface area (Å²) in [5.74, 6) is 0.304. The van der Waals surface area contributed by atoms with Crippen molar-refractivity contribution in [2.24, 2.45) is 5.92 Å². The van der Waals surface area contributed by atoms with Crippen molar-refractivity contribution in [2.75, 3.05) is 33.9 Å². The van der Waals surface area contributed by atoms with Crippen molar-refractivity contribution in [3.63, 3.8) is 0 Å². The number of likely N-dealkylation sites (N-methyl/N-ethyl adjacent to an activating group) is 1. The van der Waals surface area contributed by atoms with E-state index in [1.165, 1.54) is 0 Å². The highest BCUT2D eigenvalue weighted by Crippen LogP contribution is 2.39. The molecular formula is C14H27NO3. The third kappa shape index (κ3) is 2.57. The third-order valence-electron chi connectivity index (χ3n) is 4.92. The molecular weight excluding hydrogens is 230 g/mol. The summed E-state index contributed by atoms with van der Waals surface area (Å²) in [6.45, 7) is 6.43. The summed E-state index contributed by atoms with van der Waals surface area (Å²) in [5.41, 5.74) is -0.324. The van der Waals surface area contributed by atoms with Crippen LogP contribution in [0.4, 0.5) is 0 Å². The quantitative estimate of drug-likeness (QED) is 0.827. The molecule has 0 radical (unpaired) electrons. The zero-order valence-corrected chi connectivity index (χ0v) is 12.1. The van der Waals surface area contributed by atoms with Gasteiger partial charge in [0.15, 0.2) is 0 Å². The Morgan fingerprint density at radius 1 is 1.33 bits per heavy atom. The molecule has 106 valence electrons. The maximum Gasteiger partial charge on any atom is 0.0940 e. The van der Waals surface area contributed by atoms with Crippen molar-refractivity contribution in [1.82, 2.24) is 4.90 Å². The highest BCUT2D eigenvalue weighted by atomic mass is 16.6. The van der Waals surface area contributed by atoms with Crippen LogP contribution >= 0.6 is 0 Å². The van der Waals surface area contributed by atoms with Gasteiger partial charge >= 0.3 is 0 Å². The number of nitrogens with zero attached hydrogens (tertiary/aromatic N) is 1. The van der Waals surface area contributed by atoms with Crippen LogP contribution < -0.4 is 0 Å². The second-order valence-corrected chi connectivity index (χ2v) is 6.58. The molecule has 2 fully saturated rings. The summed E-state index contributed by atoms with van der Waals surface area (Å²) in [5, 5.41) is 10.7. The van der Waals surface area contributed by atoms with Crippen LogP contribution in [0.1, 0.15) is 33.1 Å². The normalized spacial score (nSPS) is 35.3. The first kappa shape index (κ1) is 14.3. The van der Waals surface area contributed by atoms with Gasteiger partial charge in [0.05, 0.1) is 18.3 Å². The van der Waals surface area contributed by atoms with Crippen LogP contribution in [0.5, 0.6) is 0 Å². The molecule has 2 rings (SSSR count). The van der Waals surface area contributed by atoms with Gasteiger partial charge in [-0.25, -0.2) is 0 Å². The van der Waals surface area contributed by atoms with Crippen LogP contribution in [0.2, 0.25) is 0 Å². The molecule has 2 heterocycles. The van der Waals surface area contributed by atoms with Crippen molar-refractivity contribution < 1.29 is 14.6 Å². The molecule has 0 aromatic heterocycles. The maximum atomic E-state index is 10.7. The van der Waals surface area contributed by atoms with E-state index in [4.69, 9.17) is 9.47 Å². The molecule has 2 aliphatic rings. The van der Waals surface area contributed by atoms with Gasteiger partial charge in [-0.15, -0.1) is 0 Å². The fraction of sp³-hybridized carbons (Fsp3) is 1.00. The second kappa shape index (κ2) is 5.08. The monoisotopic (exact) mass is 257 g/mol. The van der Waals surface area contributed by atoms with E-state index in [-0.39, 0.29) is 17.2 Å². The first-order valence-corrected chi connectivity index (χ1v) is 6.95. The highest BCUT2D eigenvalue weighted by molar-refractivity contribution is 4.97. The van der Waals surface area contributed by atoms with E-state index >= 15 is 0 Å². The molecule has 2 aliphatic heterocycles. The number of rotatable bonds is 3. The lowest BCUT2D eigenvalue weighted by atomic mass is 9.76. The lowest BCUT2D eigenvalue weighted by Crippen LogP contribution is -2.55. The van der Waals surface area contributed by atoms with Crippen molar-refractivity contribution in [2.45, 2.75) is 50.4 Å². The minimum atomic E-state index is -0.325. The van der Waals surface area contributed by atoms with Crippen LogP contribution in [-0.2, 0) is 9.47 Å². The van der Waals surface area contributed by atoms with Crippen LogP contribution in [0.15, 0.2) is 0 Å². The minimum absolute atomic E-state index is 0.119. The maximum absolute atomic E-state index is 10.7. The Labute approximate surface area is 110 Å². The molecule has 4 heteroatoms. The minimum Gasteiger partial charge on any atom is -0.391 e. The van der Waals surface area contributed by atoms with E-state index in [0.717, 1.165) is 32.5 Å². The molecule has 0 aromatic carbocycles. The number of aliphatic hydroxyl groups excluding tert-OH is 1. The van der Waals surface area contributed by atoms with Gasteiger partial charge in [0, 0.05) is 25.2 Å². The van der Waals surface area contributed by atoms with E-state index in [1.54, 1.807) is 0 Å². The van der Waals surface area contributed by atoms with E-state index in [2.05, 4.69) is 18.7 Å². The van der Waals surface area contributed by atoms with Gasteiger partial charge in [-0.1, -0.05) is 0 Å². The van der Waals surface area contributed by atoms with E-state index in [1.807, 2.05) is 14.1 Å². The SMILES string of the molecule is CN(C)C(C)(C)C(O)C1CCOC2(CCOC2)C1. The van der Waals surface area contributed by atoms with Crippen molar-refractivity contribution in [3.8, 4) is 0 Å². The molecule has 0 saturated carbocycles. The summed E-state index contributed by atoms with van der Waals surface area (Å²) in [6.07, 6.45) is 2.51. The molecule has 3 unspecified atom stereocenters. The van der Waals surface area contributed by atoms with Gasteiger partial charge in [0.25, 0.3) is 0 Å². The van der Waals surface area contributed by atoms with Gasteiger partial charge in [-0.2, -0.15) is 0 Å². The Kier molecular flexibility index (Phi) is 4.02. The molecule has 0 aliphatic carbocycles. The molecule has 0 bridgehead atoms. The summed E-state index contributed by atoms with van der Waals surface area (Å²) >= 11 is 0. The Bertz CT molecular complexity index is 285. The number of hydrogen-bond donors (Lipinski definition) is 1. The van der Waals surface area contributed by atoms with Gasteiger partial charge in [-0.3, -0.25) is 0 Å². The lowest BCUT2D eigenvalue weighted by Gasteiger charge is -2.45. The topological polar surface area (TPSA) is 41.9 Å². The fourth-order valence-electron chi connectivity index (χ4n) is 3.04. The fourth-order valence-corrected chi connectivity index (χ4v) is 3.04. The Morgan fingerprint density at radius 3 is 2.61 bits per heavy atom. The molecule has 4 nitrogen and oxygen atoms in total. The highest BCUT2D eigenvalue weighted by Gasteiger charge is 2.46. The summed E-state index contributed by atoms with van der Waals surface area (Å²) < 4.78 is 11.4. The predicted octanol–water partition coefficient (Wildman–Crippen LogP) is 1.27. The molecule has 1 N–H and O–H groups in total. The smallest absolute Gasteiger partial charge is 0.0940 e. The lowest BCUT2D eigenvalue weighted by molar-refractivity contribution is -0.133. The van der Waals surface area contributed by atoms with E-state index < -0.39 is 0 Å². The standard InChI is InChI=1S/C14H27NO3/c1-13(2,15(3)4)12(16)11-5-7-18-14(9-11)6-8-17-10-14/h11-12,16H,5-10H2,1-4H3. The molecule has 2 saturated heterocycles. The van der Waals surface area contributed by atoms with Gasteiger partial charge in [0.2, 0.25) is 0 Å². The van der Waals surface area contributed by atoms with Crippen LogP contribution in [0.25, 0.3) is 0 Å². The second-order valence-electron chi connectivity index (χ2n) is 6.58. The first-order chi connectivity index (χ1) is 8.37. The number of aliphatic hydroxyl groups is 1. The Hall–Kier alpha value is -0.160. The first-order valence-electron chi connectivity index (χ1n) is 6.95. The predicted molar refractivity (Wildman–Crippen MR) is 70.6 cm³/mol. The largest absolute Gasteiger partial charge is 0.391 e. The van der Waals surface area contributed by atoms with E-state index in [9.17, 15) is 5.11 Å². The summed E-state index contributed by atoms with van der Waals surface area (Å²) in [6, 6.07) is 0. The van der Waals surface area contributed by atoms with Crippen molar-refractivity contribution >= 4 is 0 Å². The summed E-state index contributed by atoms with van der Waals surface area (Å²) in [4.78, 5) is 2.10. The van der Waals surface area contributed by atoms with Crippen LogP contribution in [0.3, 0.4) is 0 Å². The Balaban J connectivity index is 2.04. The van der Waals surface area contributed by atoms with Crippen molar-refractivity contribution in [1.29, 1.82) is 0 Å². The zero-order valence-electron chi connectivity index (χ0n) is 12.1. The molecule has 1 spiro atoms. The van der Waals surface area contributed by atoms with Gasteiger partial charge < -0.3 is 19.5 Å². The molecule has 3 atom stereocenters. The van der Waals surface area contributed by atoms with Gasteiger partial charge in [0.1, 0.15) is 0 Å². The van der Waals surface area contributed by atoms with Crippen LogP contribution in [-0.4, -0.2) is 61.2 Å². The van der Waals surface area contributed by atoms with Crippen LogP contribution in [0, 0.1) is 5.92 Å². The summed E-state index contributed by atoms with van der Waals surface area (Å²) in [7, 11) is 4.05. The van der Waals surface area contributed by atoms with Crippen molar-refractivity contribution in [3.05, 3.63) is 0 Å². The van der Waals surface area contributed by atoms with Gasteiger partial charge in [-0.05, 0) is 46.7 Å². The molecule has 0 amide bonds. The number of ether oxygens (including phenoxy) is 2. The number of hydrogen-bond acceptors (Lipinski definition) is 4. The molecule has 18 heavy (non-hydrogen) atoms. The third-order valence-corrected chi connectivity index (χ3v) is 4.92. The van der Waals surface area contributed by atoms with E-state index in [0.29, 0.717) is 12.5 Å². The average Bonchev–Trinajstić information content (AvgIpc) is 2.76. The zero-order chi connectivity index (χ0) is 13.4. The Morgan fingerprint density at radius 2 is 2.06 bits per heavy atom. The molecule has 0 aromatic rings.